The van der Waals surface area contributed by atoms with E-state index in [4.69, 9.17) is 11.6 Å². The van der Waals surface area contributed by atoms with E-state index in [1.807, 2.05) is 23.1 Å². The molecule has 0 radical (unpaired) electrons. The van der Waals surface area contributed by atoms with Gasteiger partial charge >= 0.3 is 0 Å². The van der Waals surface area contributed by atoms with E-state index in [0.29, 0.717) is 11.7 Å². The third-order valence-electron chi connectivity index (χ3n) is 3.38. The lowest BCUT2D eigenvalue weighted by Gasteiger charge is -2.34. The number of hydrogen-bond acceptors (Lipinski definition) is 3. The number of aromatic amines is 1. The van der Waals surface area contributed by atoms with Crippen molar-refractivity contribution in [3.05, 3.63) is 51.5 Å². The molecular weight excluding hydrogens is 262 g/mol. The first-order valence-corrected chi connectivity index (χ1v) is 6.63. The molecule has 0 fully saturated rings. The van der Waals surface area contributed by atoms with E-state index in [0.717, 1.165) is 18.7 Å². The number of halogens is 1. The van der Waals surface area contributed by atoms with Crippen LogP contribution in [0.1, 0.15) is 12.5 Å². The van der Waals surface area contributed by atoms with Crippen molar-refractivity contribution in [2.45, 2.75) is 13.3 Å². The topological polar surface area (TPSA) is 49.0 Å². The number of nitrogens with zero attached hydrogens (tertiary/aromatic N) is 2. The van der Waals surface area contributed by atoms with Gasteiger partial charge in [-0.15, -0.1) is 0 Å². The molecule has 4 nitrogen and oxygen atoms in total. The molecule has 1 unspecified atom stereocenters. The van der Waals surface area contributed by atoms with Crippen LogP contribution in [0.5, 0.6) is 0 Å². The van der Waals surface area contributed by atoms with E-state index in [9.17, 15) is 4.79 Å². The van der Waals surface area contributed by atoms with E-state index in [2.05, 4.69) is 23.0 Å². The standard InChI is InChI=1S/C14H14ClN3O/c1-9-6-10-4-2-3-5-11(10)18(7-9)13-12(15)14(19)17-8-16-13/h2-5,8-9H,6-7H2,1H3,(H,16,17,19). The quantitative estimate of drug-likeness (QED) is 0.871. The van der Waals surface area contributed by atoms with Crippen molar-refractivity contribution in [3.63, 3.8) is 0 Å². The number of fused-ring (bicyclic) bond motifs is 1. The lowest BCUT2D eigenvalue weighted by atomic mass is 9.94. The monoisotopic (exact) mass is 275 g/mol. The van der Waals surface area contributed by atoms with E-state index >= 15 is 0 Å². The minimum absolute atomic E-state index is 0.145. The Kier molecular flexibility index (Phi) is 3.03. The highest BCUT2D eigenvalue weighted by Gasteiger charge is 2.25. The van der Waals surface area contributed by atoms with Crippen molar-refractivity contribution in [1.82, 2.24) is 9.97 Å². The SMILES string of the molecule is CC1Cc2ccccc2N(c2nc[nH]c(=O)c2Cl)C1. The molecule has 0 saturated heterocycles. The first kappa shape index (κ1) is 12.2. The van der Waals surface area contributed by atoms with Crippen LogP contribution < -0.4 is 10.5 Å². The largest absolute Gasteiger partial charge is 0.324 e. The summed E-state index contributed by atoms with van der Waals surface area (Å²) in [6.07, 6.45) is 2.43. The van der Waals surface area contributed by atoms with Crippen LogP contribution in [0.3, 0.4) is 0 Å². The molecule has 0 amide bonds. The number of H-pyrrole nitrogens is 1. The number of hydrogen-bond donors (Lipinski definition) is 1. The number of para-hydroxylation sites is 1. The van der Waals surface area contributed by atoms with Gasteiger partial charge in [0.1, 0.15) is 5.02 Å². The number of nitrogens with one attached hydrogen (secondary N) is 1. The van der Waals surface area contributed by atoms with Gasteiger partial charge in [-0.05, 0) is 24.0 Å². The van der Waals surface area contributed by atoms with Gasteiger partial charge in [0.2, 0.25) is 0 Å². The molecule has 0 spiro atoms. The Morgan fingerprint density at radius 2 is 2.21 bits per heavy atom. The van der Waals surface area contributed by atoms with Crippen molar-refractivity contribution in [1.29, 1.82) is 0 Å². The van der Waals surface area contributed by atoms with E-state index < -0.39 is 0 Å². The minimum Gasteiger partial charge on any atom is -0.324 e. The molecule has 3 rings (SSSR count). The summed E-state index contributed by atoms with van der Waals surface area (Å²) in [7, 11) is 0. The van der Waals surface area contributed by atoms with Crippen LogP contribution in [0.4, 0.5) is 11.5 Å². The fourth-order valence-corrected chi connectivity index (χ4v) is 2.76. The van der Waals surface area contributed by atoms with Gasteiger partial charge in [0.05, 0.1) is 6.33 Å². The van der Waals surface area contributed by atoms with Crippen molar-refractivity contribution < 1.29 is 0 Å². The highest BCUT2D eigenvalue weighted by molar-refractivity contribution is 6.32. The Morgan fingerprint density at radius 3 is 3.05 bits per heavy atom. The van der Waals surface area contributed by atoms with Crippen LogP contribution in [0.2, 0.25) is 5.02 Å². The summed E-state index contributed by atoms with van der Waals surface area (Å²) in [6.45, 7) is 3.00. The lowest BCUT2D eigenvalue weighted by molar-refractivity contribution is 0.560. The summed E-state index contributed by atoms with van der Waals surface area (Å²) in [4.78, 5) is 20.4. The molecule has 0 bridgehead atoms. The number of benzene rings is 1. The van der Waals surface area contributed by atoms with Gasteiger partial charge in [-0.2, -0.15) is 0 Å². The minimum atomic E-state index is -0.303. The maximum Gasteiger partial charge on any atom is 0.271 e. The first-order chi connectivity index (χ1) is 9.16. The van der Waals surface area contributed by atoms with Crippen LogP contribution in [-0.2, 0) is 6.42 Å². The molecule has 2 aromatic rings. The van der Waals surface area contributed by atoms with Gasteiger partial charge in [0.15, 0.2) is 5.82 Å². The third-order valence-corrected chi connectivity index (χ3v) is 3.72. The Balaban J connectivity index is 2.15. The molecule has 1 atom stereocenters. The smallest absolute Gasteiger partial charge is 0.271 e. The normalized spacial score (nSPS) is 18.2. The van der Waals surface area contributed by atoms with Crippen molar-refractivity contribution >= 4 is 23.1 Å². The van der Waals surface area contributed by atoms with Gasteiger partial charge in [0, 0.05) is 12.2 Å². The van der Waals surface area contributed by atoms with Crippen LogP contribution in [-0.4, -0.2) is 16.5 Å². The molecule has 2 heterocycles. The second-order valence-electron chi connectivity index (χ2n) is 4.92. The van der Waals surface area contributed by atoms with Crippen LogP contribution in [0, 0.1) is 5.92 Å². The molecule has 1 N–H and O–H groups in total. The molecule has 1 aromatic carbocycles. The zero-order valence-corrected chi connectivity index (χ0v) is 11.3. The van der Waals surface area contributed by atoms with Gasteiger partial charge < -0.3 is 9.88 Å². The predicted molar refractivity (Wildman–Crippen MR) is 76.2 cm³/mol. The molecular formula is C14H14ClN3O. The zero-order valence-electron chi connectivity index (χ0n) is 10.6. The Bertz CT molecular complexity index is 668. The Morgan fingerprint density at radius 1 is 1.42 bits per heavy atom. The molecule has 1 aromatic heterocycles. The molecule has 19 heavy (non-hydrogen) atoms. The van der Waals surface area contributed by atoms with E-state index in [1.54, 1.807) is 0 Å². The fourth-order valence-electron chi connectivity index (χ4n) is 2.56. The number of rotatable bonds is 1. The average molecular weight is 276 g/mol. The van der Waals surface area contributed by atoms with Gasteiger partial charge in [-0.1, -0.05) is 36.7 Å². The van der Waals surface area contributed by atoms with Crippen molar-refractivity contribution in [2.75, 3.05) is 11.4 Å². The average Bonchev–Trinajstić information content (AvgIpc) is 2.41. The highest BCUT2D eigenvalue weighted by Crippen LogP contribution is 2.35. The molecule has 1 aliphatic rings. The van der Waals surface area contributed by atoms with E-state index in [-0.39, 0.29) is 10.6 Å². The highest BCUT2D eigenvalue weighted by atomic mass is 35.5. The summed E-state index contributed by atoms with van der Waals surface area (Å²) >= 11 is 6.09. The number of anilines is 2. The van der Waals surface area contributed by atoms with Gasteiger partial charge in [-0.3, -0.25) is 4.79 Å². The van der Waals surface area contributed by atoms with Crippen LogP contribution >= 0.6 is 11.6 Å². The molecule has 98 valence electrons. The van der Waals surface area contributed by atoms with Gasteiger partial charge in [-0.25, -0.2) is 4.98 Å². The molecule has 0 saturated carbocycles. The maximum atomic E-state index is 11.6. The lowest BCUT2D eigenvalue weighted by Crippen LogP contribution is -2.32. The third kappa shape index (κ3) is 2.12. The van der Waals surface area contributed by atoms with Crippen molar-refractivity contribution in [3.8, 4) is 0 Å². The predicted octanol–water partition coefficient (Wildman–Crippen LogP) is 2.75. The second kappa shape index (κ2) is 4.70. The Labute approximate surface area is 116 Å². The molecule has 1 aliphatic heterocycles. The maximum absolute atomic E-state index is 11.6. The molecule has 5 heteroatoms. The Hall–Kier alpha value is -1.81. The summed E-state index contributed by atoms with van der Waals surface area (Å²) < 4.78 is 0. The van der Waals surface area contributed by atoms with Crippen LogP contribution in [0.15, 0.2) is 35.4 Å². The van der Waals surface area contributed by atoms with Crippen LogP contribution in [0.25, 0.3) is 0 Å². The van der Waals surface area contributed by atoms with Crippen molar-refractivity contribution in [2.24, 2.45) is 5.92 Å². The van der Waals surface area contributed by atoms with Gasteiger partial charge in [0.25, 0.3) is 5.56 Å². The number of aromatic nitrogens is 2. The van der Waals surface area contributed by atoms with E-state index in [1.165, 1.54) is 11.9 Å². The first-order valence-electron chi connectivity index (χ1n) is 6.25. The fraction of sp³-hybridized carbons (Fsp3) is 0.286. The second-order valence-corrected chi connectivity index (χ2v) is 5.30. The molecule has 0 aliphatic carbocycles. The zero-order chi connectivity index (χ0) is 13.4. The summed E-state index contributed by atoms with van der Waals surface area (Å²) in [5.74, 6) is 1.02. The summed E-state index contributed by atoms with van der Waals surface area (Å²) in [5, 5.41) is 0.145. The summed E-state index contributed by atoms with van der Waals surface area (Å²) in [5.41, 5.74) is 2.04. The summed E-state index contributed by atoms with van der Waals surface area (Å²) in [6, 6.07) is 8.17.